The van der Waals surface area contributed by atoms with Crippen LogP contribution in [0.15, 0.2) is 71.3 Å². The summed E-state index contributed by atoms with van der Waals surface area (Å²) in [5.41, 5.74) is 1.64. The molecule has 2 bridgehead atoms. The minimum atomic E-state index is -0.653. The van der Waals surface area contributed by atoms with Gasteiger partial charge in [0, 0.05) is 30.5 Å². The van der Waals surface area contributed by atoms with E-state index in [2.05, 4.69) is 10.5 Å². The molecule has 1 aromatic heterocycles. The zero-order valence-electron chi connectivity index (χ0n) is 21.4. The van der Waals surface area contributed by atoms with E-state index in [4.69, 9.17) is 14.0 Å². The molecule has 9 nitrogen and oxygen atoms in total. The summed E-state index contributed by atoms with van der Waals surface area (Å²) in [5.74, 6) is -0.880. The van der Waals surface area contributed by atoms with Crippen LogP contribution in [-0.4, -0.2) is 66.3 Å². The van der Waals surface area contributed by atoms with Gasteiger partial charge in [0.05, 0.1) is 19.7 Å². The number of nitrogens with zero attached hydrogens (tertiary/aromatic N) is 2. The van der Waals surface area contributed by atoms with Crippen molar-refractivity contribution < 1.29 is 32.9 Å². The molecule has 0 saturated carbocycles. The molecule has 0 aliphatic carbocycles. The highest BCUT2D eigenvalue weighted by Gasteiger charge is 2.49. The Morgan fingerprint density at radius 3 is 2.42 bits per heavy atom. The Labute approximate surface area is 221 Å². The Balaban J connectivity index is 1.28. The van der Waals surface area contributed by atoms with Gasteiger partial charge in [-0.05, 0) is 24.6 Å². The third-order valence-corrected chi connectivity index (χ3v) is 7.51. The minimum Gasteiger partial charge on any atom is -0.461 e. The highest BCUT2D eigenvalue weighted by Crippen LogP contribution is 2.37. The van der Waals surface area contributed by atoms with E-state index >= 15 is 0 Å². The number of para-hydroxylation sites is 1. The normalized spacial score (nSPS) is 22.9. The van der Waals surface area contributed by atoms with Gasteiger partial charge in [0.2, 0.25) is 5.76 Å². The van der Waals surface area contributed by atoms with Crippen molar-refractivity contribution in [3.63, 3.8) is 0 Å². The van der Waals surface area contributed by atoms with Crippen LogP contribution >= 0.6 is 0 Å². The lowest BCUT2D eigenvalue weighted by Gasteiger charge is -2.51. The van der Waals surface area contributed by atoms with Crippen LogP contribution in [0.2, 0.25) is 0 Å². The SMILES string of the molecule is CCOC(=O)c1cc(C(=O)C[N+]23CCC(CC2)[C@@H](OC(=O)[C@H](Nc2ccccc2)c2ccccc2)C3)on1. The maximum Gasteiger partial charge on any atom is 0.360 e. The minimum absolute atomic E-state index is 0.0165. The molecule has 198 valence electrons. The number of benzene rings is 2. The first-order valence-electron chi connectivity index (χ1n) is 13.1. The molecule has 0 unspecified atom stereocenters. The third kappa shape index (κ3) is 5.62. The van der Waals surface area contributed by atoms with Crippen LogP contribution in [0, 0.1) is 5.92 Å². The number of esters is 2. The molecule has 0 radical (unpaired) electrons. The van der Waals surface area contributed by atoms with Crippen molar-refractivity contribution in [2.45, 2.75) is 31.9 Å². The van der Waals surface area contributed by atoms with Crippen LogP contribution in [0.1, 0.15) is 52.4 Å². The van der Waals surface area contributed by atoms with Crippen molar-refractivity contribution in [2.75, 3.05) is 38.1 Å². The smallest absolute Gasteiger partial charge is 0.360 e. The third-order valence-electron chi connectivity index (χ3n) is 7.51. The number of anilines is 1. The van der Waals surface area contributed by atoms with E-state index in [1.54, 1.807) is 6.92 Å². The molecule has 6 rings (SSSR count). The van der Waals surface area contributed by atoms with E-state index in [1.807, 2.05) is 60.7 Å². The number of hydrogen-bond acceptors (Lipinski definition) is 8. The number of ketones is 1. The number of Topliss-reactive ketones (excluding diaryl/α,β-unsaturated/α-hetero) is 1. The first kappa shape index (κ1) is 25.7. The summed E-state index contributed by atoms with van der Waals surface area (Å²) in [5, 5.41) is 7.01. The molecule has 38 heavy (non-hydrogen) atoms. The fourth-order valence-electron chi connectivity index (χ4n) is 5.51. The number of piperidine rings is 3. The standard InChI is InChI=1S/C29H32N3O6/c1-2-36-28(34)23-17-25(38-31-23)24(33)18-32-15-13-20(14-16-32)26(19-32)37-29(35)27(21-9-5-3-6-10-21)30-22-11-7-4-8-12-22/h3-12,17,20,26-27,30H,2,13-16,18-19H2,1H3/q+1/t20?,26-,27+,32?/m0/s1. The van der Waals surface area contributed by atoms with E-state index < -0.39 is 12.0 Å². The van der Waals surface area contributed by atoms with E-state index in [-0.39, 0.29) is 48.4 Å². The fourth-order valence-corrected chi connectivity index (χ4v) is 5.51. The highest BCUT2D eigenvalue weighted by molar-refractivity contribution is 5.97. The Morgan fingerprint density at radius 2 is 1.74 bits per heavy atom. The molecule has 9 heteroatoms. The molecule has 0 spiro atoms. The van der Waals surface area contributed by atoms with Crippen molar-refractivity contribution >= 4 is 23.4 Å². The summed E-state index contributed by atoms with van der Waals surface area (Å²) < 4.78 is 16.8. The van der Waals surface area contributed by atoms with Crippen LogP contribution in [0.3, 0.4) is 0 Å². The van der Waals surface area contributed by atoms with Crippen molar-refractivity contribution in [1.82, 2.24) is 5.16 Å². The molecule has 3 aliphatic rings. The molecule has 0 amide bonds. The highest BCUT2D eigenvalue weighted by atomic mass is 16.5. The van der Waals surface area contributed by atoms with Gasteiger partial charge in [0.1, 0.15) is 13.1 Å². The van der Waals surface area contributed by atoms with Crippen LogP contribution in [0.5, 0.6) is 0 Å². The summed E-state index contributed by atoms with van der Waals surface area (Å²) in [7, 11) is 0. The second kappa shape index (κ2) is 11.2. The summed E-state index contributed by atoms with van der Waals surface area (Å²) in [6.07, 6.45) is 1.46. The Bertz CT molecular complexity index is 1270. The van der Waals surface area contributed by atoms with Gasteiger partial charge in [-0.2, -0.15) is 0 Å². The van der Waals surface area contributed by atoms with Crippen molar-refractivity contribution in [3.05, 3.63) is 83.7 Å². The Morgan fingerprint density at radius 1 is 1.05 bits per heavy atom. The second-order valence-electron chi connectivity index (χ2n) is 10.0. The van der Waals surface area contributed by atoms with Crippen molar-refractivity contribution in [3.8, 4) is 0 Å². The van der Waals surface area contributed by atoms with E-state index in [0.29, 0.717) is 11.0 Å². The molecule has 2 aromatic carbocycles. The number of carbonyl (C=O) groups is 3. The number of aromatic nitrogens is 1. The first-order chi connectivity index (χ1) is 18.5. The summed E-state index contributed by atoms with van der Waals surface area (Å²) in [6.45, 7) is 4.32. The predicted molar refractivity (Wildman–Crippen MR) is 138 cm³/mol. The van der Waals surface area contributed by atoms with Gasteiger partial charge in [-0.3, -0.25) is 4.79 Å². The van der Waals surface area contributed by atoms with Crippen LogP contribution in [0.4, 0.5) is 5.69 Å². The molecule has 3 fully saturated rings. The lowest BCUT2D eigenvalue weighted by Crippen LogP contribution is -2.65. The lowest BCUT2D eigenvalue weighted by molar-refractivity contribution is -0.938. The van der Waals surface area contributed by atoms with E-state index in [0.717, 1.165) is 37.2 Å². The topological polar surface area (TPSA) is 108 Å². The number of fused-ring (bicyclic) bond motifs is 3. The molecule has 3 saturated heterocycles. The van der Waals surface area contributed by atoms with Gasteiger partial charge in [-0.25, -0.2) is 9.59 Å². The Kier molecular flexibility index (Phi) is 7.55. The zero-order valence-corrected chi connectivity index (χ0v) is 21.4. The van der Waals surface area contributed by atoms with Crippen LogP contribution < -0.4 is 5.32 Å². The van der Waals surface area contributed by atoms with Gasteiger partial charge in [-0.15, -0.1) is 0 Å². The number of ether oxygens (including phenoxy) is 2. The fraction of sp³-hybridized carbons (Fsp3) is 0.379. The molecule has 3 aliphatic heterocycles. The average Bonchev–Trinajstić information content (AvgIpc) is 3.44. The largest absolute Gasteiger partial charge is 0.461 e. The maximum atomic E-state index is 13.5. The molecular weight excluding hydrogens is 486 g/mol. The summed E-state index contributed by atoms with van der Waals surface area (Å²) in [4.78, 5) is 38.5. The van der Waals surface area contributed by atoms with Crippen molar-refractivity contribution in [1.29, 1.82) is 0 Å². The summed E-state index contributed by atoms with van der Waals surface area (Å²) in [6, 6.07) is 19.8. The number of hydrogen-bond donors (Lipinski definition) is 1. The van der Waals surface area contributed by atoms with E-state index in [9.17, 15) is 14.4 Å². The number of quaternary nitrogens is 1. The molecule has 2 atom stereocenters. The molecule has 4 heterocycles. The number of rotatable bonds is 10. The van der Waals surface area contributed by atoms with Gasteiger partial charge < -0.3 is 23.8 Å². The second-order valence-corrected chi connectivity index (χ2v) is 10.0. The van der Waals surface area contributed by atoms with Crippen molar-refractivity contribution in [2.24, 2.45) is 5.92 Å². The zero-order chi connectivity index (χ0) is 26.5. The van der Waals surface area contributed by atoms with Crippen LogP contribution in [-0.2, 0) is 14.3 Å². The molecular formula is C29H32N3O6+. The maximum absolute atomic E-state index is 13.5. The van der Waals surface area contributed by atoms with Gasteiger partial charge in [-0.1, -0.05) is 53.7 Å². The number of nitrogens with one attached hydrogen (secondary N) is 1. The summed E-state index contributed by atoms with van der Waals surface area (Å²) >= 11 is 0. The molecule has 3 aromatic rings. The lowest BCUT2D eigenvalue weighted by atomic mass is 9.83. The van der Waals surface area contributed by atoms with Crippen LogP contribution in [0.25, 0.3) is 0 Å². The predicted octanol–water partition coefficient (Wildman–Crippen LogP) is 4.04. The first-order valence-corrected chi connectivity index (χ1v) is 13.1. The van der Waals surface area contributed by atoms with E-state index in [1.165, 1.54) is 6.07 Å². The Hall–Kier alpha value is -3.98. The average molecular weight is 519 g/mol. The van der Waals surface area contributed by atoms with Gasteiger partial charge >= 0.3 is 11.9 Å². The van der Waals surface area contributed by atoms with Gasteiger partial charge in [0.15, 0.2) is 17.8 Å². The monoisotopic (exact) mass is 518 g/mol. The quantitative estimate of drug-likeness (QED) is 0.243. The number of carbonyl (C=O) groups excluding carboxylic acids is 3. The molecule has 1 N–H and O–H groups in total. The van der Waals surface area contributed by atoms with Gasteiger partial charge in [0.25, 0.3) is 5.78 Å².